The monoisotopic (exact) mass is 399 g/mol. The summed E-state index contributed by atoms with van der Waals surface area (Å²) >= 11 is 0. The van der Waals surface area contributed by atoms with E-state index in [0.717, 1.165) is 5.22 Å². The van der Waals surface area contributed by atoms with Gasteiger partial charge in [0.1, 0.15) is 16.7 Å². The Hall–Kier alpha value is -1.70. The normalized spacial score (nSPS) is 13.2. The number of nitrogens with zero attached hydrogens (tertiary/aromatic N) is 1. The summed E-state index contributed by atoms with van der Waals surface area (Å²) in [5.41, 5.74) is 5.65. The van der Waals surface area contributed by atoms with Gasteiger partial charge in [-0.05, 0) is 19.9 Å². The Bertz CT molecular complexity index is 709. The molecule has 0 saturated heterocycles. The molecule has 1 amide bonds. The quantitative estimate of drug-likeness (QED) is 0.703. The molecule has 0 aromatic carbocycles. The van der Waals surface area contributed by atoms with Crippen molar-refractivity contribution in [3.63, 3.8) is 0 Å². The fraction of sp³-hybridized carbons (Fsp3) is 0.550. The van der Waals surface area contributed by atoms with E-state index in [-0.39, 0.29) is 5.69 Å². The minimum atomic E-state index is -1.51. The van der Waals surface area contributed by atoms with Crippen LogP contribution >= 0.6 is 0 Å². The second kappa shape index (κ2) is 16.5. The highest BCUT2D eigenvalue weighted by molar-refractivity contribution is 7.82. The van der Waals surface area contributed by atoms with Gasteiger partial charge in [0.05, 0.1) is 11.5 Å². The lowest BCUT2D eigenvalue weighted by molar-refractivity contribution is 0.0993. The predicted molar refractivity (Wildman–Crippen MR) is 116 cm³/mol. The van der Waals surface area contributed by atoms with E-state index in [1.54, 1.807) is 11.4 Å². The summed E-state index contributed by atoms with van der Waals surface area (Å²) in [5.74, 6) is -0.626. The number of likely N-dealkylation sites (N-methyl/N-ethyl adjacent to an activating group) is 1. The van der Waals surface area contributed by atoms with Crippen LogP contribution in [0.3, 0.4) is 0 Å². The molecule has 0 aliphatic heterocycles. The molecule has 0 aliphatic rings. The number of hydrogen-bond acceptors (Lipinski definition) is 3. The Morgan fingerprint density at radius 3 is 2.26 bits per heavy atom. The molecule has 6 nitrogen and oxygen atoms in total. The van der Waals surface area contributed by atoms with E-state index in [1.165, 1.54) is 0 Å². The molecule has 0 bridgehead atoms. The number of allylic oxidation sites excluding steroid dienone is 2. The lowest BCUT2D eigenvalue weighted by Gasteiger charge is -2.18. The summed E-state index contributed by atoms with van der Waals surface area (Å²) < 4.78 is 19.8. The van der Waals surface area contributed by atoms with E-state index in [2.05, 4.69) is 4.98 Å². The van der Waals surface area contributed by atoms with E-state index in [0.29, 0.717) is 29.9 Å². The number of aromatic amines is 1. The third-order valence-electron chi connectivity index (χ3n) is 3.32. The molecular formula is C20H37N3O3S. The molecule has 27 heavy (non-hydrogen) atoms. The van der Waals surface area contributed by atoms with Crippen LogP contribution in [0.4, 0.5) is 0 Å². The molecule has 0 radical (unpaired) electrons. The second-order valence-electron chi connectivity index (χ2n) is 4.77. The lowest BCUT2D eigenvalue weighted by atomic mass is 10.3. The number of H-pyrrole nitrogens is 1. The number of amides is 1. The van der Waals surface area contributed by atoms with Crippen LogP contribution in [0.2, 0.25) is 0 Å². The van der Waals surface area contributed by atoms with Crippen molar-refractivity contribution in [3.05, 3.63) is 28.4 Å². The van der Waals surface area contributed by atoms with Crippen LogP contribution in [0.5, 0.6) is 0 Å². The summed E-state index contributed by atoms with van der Waals surface area (Å²) in [7, 11) is 0.0895. The van der Waals surface area contributed by atoms with E-state index in [9.17, 15) is 9.00 Å². The first-order chi connectivity index (χ1) is 13.0. The molecular weight excluding hydrogens is 362 g/mol. The maximum Gasteiger partial charge on any atom is 0.266 e. The Morgan fingerprint density at radius 2 is 1.85 bits per heavy atom. The van der Waals surface area contributed by atoms with Crippen molar-refractivity contribution in [2.24, 2.45) is 5.73 Å². The summed E-state index contributed by atoms with van der Waals surface area (Å²) in [5, 5.41) is 1.44. The van der Waals surface area contributed by atoms with Gasteiger partial charge >= 0.3 is 0 Å². The molecule has 1 atom stereocenters. The van der Waals surface area contributed by atoms with Gasteiger partial charge in [0.25, 0.3) is 5.91 Å². The van der Waals surface area contributed by atoms with Gasteiger partial charge < -0.3 is 15.5 Å². The number of rotatable bonds is 8. The number of ether oxygens (including phenoxy) is 1. The van der Waals surface area contributed by atoms with Gasteiger partial charge in [-0.2, -0.15) is 0 Å². The molecule has 0 saturated carbocycles. The van der Waals surface area contributed by atoms with E-state index in [1.807, 2.05) is 72.8 Å². The number of nitrogens with one attached hydrogen (secondary N) is 1. The molecule has 0 spiro atoms. The van der Waals surface area contributed by atoms with E-state index < -0.39 is 16.9 Å². The molecule has 1 aromatic rings. The third-order valence-corrected chi connectivity index (χ3v) is 5.00. The molecule has 1 aromatic heterocycles. The highest BCUT2D eigenvalue weighted by atomic mass is 32.2. The number of carbonyl (C=O) groups excluding carboxylic acids is 1. The van der Waals surface area contributed by atoms with Crippen molar-refractivity contribution in [2.75, 3.05) is 26.8 Å². The van der Waals surface area contributed by atoms with Gasteiger partial charge in [-0.1, -0.05) is 52.8 Å². The van der Waals surface area contributed by atoms with Crippen LogP contribution in [0.1, 0.15) is 59.0 Å². The Labute approximate surface area is 166 Å². The van der Waals surface area contributed by atoms with Crippen molar-refractivity contribution in [1.82, 2.24) is 9.29 Å². The van der Waals surface area contributed by atoms with Crippen LogP contribution in [-0.2, 0) is 15.7 Å². The molecule has 1 heterocycles. The standard InChI is InChI=1S/C16H25N3O3S.2C2H6/c1-5-8-9-13-12(6-2)15(14(18-13)16(17)20)23(21)19(7-3)10-11-22-4;2*1-2/h5-6,8-9,18H,7,10-11H2,1-4H3,(H2,17,20);2*1-2H3/b8-5-,12-6+,13-9+;;. The van der Waals surface area contributed by atoms with Gasteiger partial charge in [-0.15, -0.1) is 0 Å². The van der Waals surface area contributed by atoms with Crippen molar-refractivity contribution < 1.29 is 13.7 Å². The molecule has 1 rings (SSSR count). The van der Waals surface area contributed by atoms with Gasteiger partial charge in [-0.25, -0.2) is 8.51 Å². The van der Waals surface area contributed by atoms with Crippen LogP contribution in [0, 0.1) is 0 Å². The maximum absolute atomic E-state index is 13.0. The highest BCUT2D eigenvalue weighted by Gasteiger charge is 2.23. The number of primary amides is 1. The molecule has 0 aliphatic carbocycles. The zero-order chi connectivity index (χ0) is 21.4. The number of methoxy groups -OCH3 is 1. The topological polar surface area (TPSA) is 88.4 Å². The highest BCUT2D eigenvalue weighted by Crippen LogP contribution is 2.10. The number of aromatic nitrogens is 1. The average Bonchev–Trinajstić information content (AvgIpc) is 3.08. The first kappa shape index (κ1) is 27.5. The Balaban J connectivity index is 0. The Kier molecular flexibility index (Phi) is 16.8. The fourth-order valence-corrected chi connectivity index (χ4v) is 3.64. The smallest absolute Gasteiger partial charge is 0.266 e. The lowest BCUT2D eigenvalue weighted by Crippen LogP contribution is -2.34. The van der Waals surface area contributed by atoms with Crippen molar-refractivity contribution >= 4 is 29.0 Å². The van der Waals surface area contributed by atoms with Crippen molar-refractivity contribution in [3.8, 4) is 0 Å². The summed E-state index contributed by atoms with van der Waals surface area (Å²) in [6, 6.07) is 0. The number of nitrogens with two attached hydrogens (primary N) is 1. The van der Waals surface area contributed by atoms with Gasteiger partial charge in [-0.3, -0.25) is 4.79 Å². The zero-order valence-corrected chi connectivity index (χ0v) is 18.9. The first-order valence-corrected chi connectivity index (χ1v) is 10.6. The summed E-state index contributed by atoms with van der Waals surface area (Å²) in [6.07, 6.45) is 7.38. The Morgan fingerprint density at radius 1 is 1.26 bits per heavy atom. The summed E-state index contributed by atoms with van der Waals surface area (Å²) in [4.78, 5) is 15.2. The van der Waals surface area contributed by atoms with E-state index in [4.69, 9.17) is 10.5 Å². The third kappa shape index (κ3) is 8.24. The SMILES string of the molecule is CC.CC.C\C=C/C=c1/[nH]c(C(N)=O)c(S(=O)N(CC)CCOC)/c1=C/C. The summed E-state index contributed by atoms with van der Waals surface area (Å²) in [6.45, 7) is 15.2. The first-order valence-electron chi connectivity index (χ1n) is 9.48. The zero-order valence-electron chi connectivity index (χ0n) is 18.1. The number of carbonyl (C=O) groups is 1. The van der Waals surface area contributed by atoms with Crippen LogP contribution in [0.15, 0.2) is 17.0 Å². The minimum Gasteiger partial charge on any atom is -0.383 e. The molecule has 3 N–H and O–H groups in total. The predicted octanol–water partition coefficient (Wildman–Crippen LogP) is 2.31. The number of hydrogen-bond donors (Lipinski definition) is 2. The fourth-order valence-electron chi connectivity index (χ4n) is 2.16. The van der Waals surface area contributed by atoms with Crippen LogP contribution in [0.25, 0.3) is 12.2 Å². The largest absolute Gasteiger partial charge is 0.383 e. The minimum absolute atomic E-state index is 0.183. The average molecular weight is 400 g/mol. The second-order valence-corrected chi connectivity index (χ2v) is 6.19. The van der Waals surface area contributed by atoms with Crippen LogP contribution < -0.4 is 16.3 Å². The molecule has 0 fully saturated rings. The van der Waals surface area contributed by atoms with Crippen LogP contribution in [-0.4, -0.2) is 46.2 Å². The molecule has 1 unspecified atom stereocenters. The molecule has 7 heteroatoms. The van der Waals surface area contributed by atoms with Gasteiger partial charge in [0.2, 0.25) is 0 Å². The van der Waals surface area contributed by atoms with Gasteiger partial charge in [0.15, 0.2) is 0 Å². The van der Waals surface area contributed by atoms with Gasteiger partial charge in [0, 0.05) is 30.8 Å². The van der Waals surface area contributed by atoms with Crippen molar-refractivity contribution in [1.29, 1.82) is 0 Å². The maximum atomic E-state index is 13.0. The molecule has 156 valence electrons. The van der Waals surface area contributed by atoms with E-state index >= 15 is 0 Å². The van der Waals surface area contributed by atoms with Crippen molar-refractivity contribution in [2.45, 2.75) is 53.4 Å².